The molecule has 1 aliphatic rings. The molecule has 1 fully saturated rings. The second-order valence-corrected chi connectivity index (χ2v) is 7.67. The predicted octanol–water partition coefficient (Wildman–Crippen LogP) is 0.853. The number of hydrogen-bond acceptors (Lipinski definition) is 8. The monoisotopic (exact) mass is 471 g/mol. The van der Waals surface area contributed by atoms with Crippen LogP contribution >= 0.6 is 23.2 Å². The average molecular weight is 472 g/mol. The summed E-state index contributed by atoms with van der Waals surface area (Å²) in [6.07, 6.45) is -0.138. The Labute approximate surface area is 188 Å². The zero-order valence-electron chi connectivity index (χ0n) is 16.9. The summed E-state index contributed by atoms with van der Waals surface area (Å²) >= 11 is 12.1. The van der Waals surface area contributed by atoms with Crippen molar-refractivity contribution in [2.24, 2.45) is 0 Å². The summed E-state index contributed by atoms with van der Waals surface area (Å²) in [5.41, 5.74) is 1.06. The number of nitrogens with zero attached hydrogens (tertiary/aromatic N) is 5. The molecule has 2 amide bonds. The first-order valence-corrected chi connectivity index (χ1v) is 10.3. The lowest BCUT2D eigenvalue weighted by Gasteiger charge is -2.33. The first-order valence-electron chi connectivity index (χ1n) is 9.56. The molecule has 0 bridgehead atoms. The van der Waals surface area contributed by atoms with Crippen LogP contribution in [0.5, 0.6) is 0 Å². The number of urea groups is 1. The number of amides is 2. The SMILES string of the molecule is COC(=O)Cn1nnc(CNC(=O)NC[C@H]2CN(Cc3ccc(Cl)c(Cl)c3)CCO2)n1. The van der Waals surface area contributed by atoms with Crippen molar-refractivity contribution >= 4 is 35.2 Å². The molecule has 2 N–H and O–H groups in total. The van der Waals surface area contributed by atoms with E-state index in [1.165, 1.54) is 7.11 Å². The highest BCUT2D eigenvalue weighted by Crippen LogP contribution is 2.23. The number of benzene rings is 1. The molecular weight excluding hydrogens is 449 g/mol. The second kappa shape index (κ2) is 11.2. The minimum atomic E-state index is -0.490. The number of tetrazole rings is 1. The van der Waals surface area contributed by atoms with Gasteiger partial charge >= 0.3 is 12.0 Å². The van der Waals surface area contributed by atoms with Crippen LogP contribution in [0.1, 0.15) is 11.4 Å². The van der Waals surface area contributed by atoms with Gasteiger partial charge in [-0.25, -0.2) is 9.59 Å². The lowest BCUT2D eigenvalue weighted by atomic mass is 10.2. The number of aromatic nitrogens is 4. The molecule has 1 saturated heterocycles. The molecule has 11 nitrogen and oxygen atoms in total. The number of methoxy groups -OCH3 is 1. The minimum absolute atomic E-state index is 0.0714. The van der Waals surface area contributed by atoms with E-state index in [1.807, 2.05) is 12.1 Å². The van der Waals surface area contributed by atoms with Crippen LogP contribution in [0, 0.1) is 0 Å². The van der Waals surface area contributed by atoms with Crippen molar-refractivity contribution in [2.45, 2.75) is 25.7 Å². The summed E-state index contributed by atoms with van der Waals surface area (Å²) in [7, 11) is 1.27. The third-order valence-corrected chi connectivity index (χ3v) is 5.24. The average Bonchev–Trinajstić information content (AvgIpc) is 3.21. The van der Waals surface area contributed by atoms with Crippen molar-refractivity contribution in [3.63, 3.8) is 0 Å². The van der Waals surface area contributed by atoms with Crippen molar-refractivity contribution in [2.75, 3.05) is 33.4 Å². The molecule has 31 heavy (non-hydrogen) atoms. The smallest absolute Gasteiger partial charge is 0.329 e. The molecule has 0 saturated carbocycles. The topological polar surface area (TPSA) is 124 Å². The maximum Gasteiger partial charge on any atom is 0.329 e. The molecule has 2 aromatic rings. The summed E-state index contributed by atoms with van der Waals surface area (Å²) < 4.78 is 10.3. The lowest BCUT2D eigenvalue weighted by Crippen LogP contribution is -2.48. The van der Waals surface area contributed by atoms with Crippen LogP contribution in [0.15, 0.2) is 18.2 Å². The number of carbonyl (C=O) groups excluding carboxylic acids is 2. The van der Waals surface area contributed by atoms with E-state index in [9.17, 15) is 9.59 Å². The molecule has 1 atom stereocenters. The second-order valence-electron chi connectivity index (χ2n) is 6.85. The predicted molar refractivity (Wildman–Crippen MR) is 112 cm³/mol. The molecule has 1 aromatic heterocycles. The number of nitrogens with one attached hydrogen (secondary N) is 2. The fourth-order valence-electron chi connectivity index (χ4n) is 2.97. The Morgan fingerprint density at radius 1 is 1.29 bits per heavy atom. The molecule has 168 valence electrons. The fraction of sp³-hybridized carbons (Fsp3) is 0.500. The molecule has 2 heterocycles. The van der Waals surface area contributed by atoms with Crippen LogP contribution in [0.2, 0.25) is 10.0 Å². The van der Waals surface area contributed by atoms with Crippen LogP contribution in [0.3, 0.4) is 0 Å². The van der Waals surface area contributed by atoms with Gasteiger partial charge in [0.15, 0.2) is 12.4 Å². The van der Waals surface area contributed by atoms with Gasteiger partial charge in [-0.3, -0.25) is 4.90 Å². The highest BCUT2D eigenvalue weighted by molar-refractivity contribution is 6.42. The highest BCUT2D eigenvalue weighted by Gasteiger charge is 2.21. The summed E-state index contributed by atoms with van der Waals surface area (Å²) in [5, 5.41) is 17.9. The van der Waals surface area contributed by atoms with E-state index in [-0.39, 0.29) is 31.0 Å². The standard InChI is InChI=1S/C18H23Cl2N7O4/c1-30-17(28)11-27-24-16(23-25-27)8-22-18(29)21-7-13-10-26(4-5-31-13)9-12-2-3-14(19)15(20)6-12/h2-3,6,13H,4-5,7-11H2,1H3,(H2,21,22,29)/t13-/m0/s1. The Bertz CT molecular complexity index is 911. The molecule has 1 aromatic carbocycles. The Kier molecular flexibility index (Phi) is 8.41. The van der Waals surface area contributed by atoms with Crippen LogP contribution < -0.4 is 10.6 Å². The summed E-state index contributed by atoms with van der Waals surface area (Å²) in [6, 6.07) is 5.20. The Morgan fingerprint density at radius 3 is 2.90 bits per heavy atom. The Morgan fingerprint density at radius 2 is 2.13 bits per heavy atom. The van der Waals surface area contributed by atoms with Crippen molar-refractivity contribution in [1.29, 1.82) is 0 Å². The third-order valence-electron chi connectivity index (χ3n) is 4.50. The Hall–Kier alpha value is -2.47. The highest BCUT2D eigenvalue weighted by atomic mass is 35.5. The number of carbonyl (C=O) groups is 2. The van der Waals surface area contributed by atoms with E-state index in [0.717, 1.165) is 23.4 Å². The van der Waals surface area contributed by atoms with E-state index in [1.54, 1.807) is 6.07 Å². The minimum Gasteiger partial charge on any atom is -0.468 e. The summed E-state index contributed by atoms with van der Waals surface area (Å²) in [5.74, 6) is -0.212. The van der Waals surface area contributed by atoms with Crippen molar-refractivity contribution in [3.05, 3.63) is 39.6 Å². The molecule has 1 aliphatic heterocycles. The first-order chi connectivity index (χ1) is 14.9. The van der Waals surface area contributed by atoms with E-state index >= 15 is 0 Å². The maximum absolute atomic E-state index is 12.1. The number of rotatable bonds is 8. The van der Waals surface area contributed by atoms with Crippen LogP contribution in [0.25, 0.3) is 0 Å². The van der Waals surface area contributed by atoms with Gasteiger partial charge in [-0.05, 0) is 22.9 Å². The molecule has 0 radical (unpaired) electrons. The normalized spacial score (nSPS) is 16.7. The molecule has 0 spiro atoms. The van der Waals surface area contributed by atoms with Gasteiger partial charge in [-0.15, -0.1) is 10.2 Å². The van der Waals surface area contributed by atoms with Crippen LogP contribution in [0.4, 0.5) is 4.79 Å². The van der Waals surface area contributed by atoms with Crippen LogP contribution in [-0.2, 0) is 33.9 Å². The quantitative estimate of drug-likeness (QED) is 0.543. The van der Waals surface area contributed by atoms with Crippen LogP contribution in [-0.4, -0.2) is 76.6 Å². The van der Waals surface area contributed by atoms with Gasteiger partial charge in [0.25, 0.3) is 0 Å². The number of hydrogen-bond donors (Lipinski definition) is 2. The third kappa shape index (κ3) is 7.31. The number of halogens is 2. The van der Waals surface area contributed by atoms with Gasteiger partial charge in [0.2, 0.25) is 0 Å². The maximum atomic E-state index is 12.1. The number of ether oxygens (including phenoxy) is 2. The molecule has 0 aliphatic carbocycles. The zero-order valence-corrected chi connectivity index (χ0v) is 18.4. The number of morpholine rings is 1. The van der Waals surface area contributed by atoms with E-state index in [4.69, 9.17) is 27.9 Å². The molecule has 13 heteroatoms. The van der Waals surface area contributed by atoms with Gasteiger partial charge in [0, 0.05) is 26.2 Å². The van der Waals surface area contributed by atoms with E-state index < -0.39 is 5.97 Å². The zero-order chi connectivity index (χ0) is 22.2. The van der Waals surface area contributed by atoms with E-state index in [2.05, 4.69) is 35.7 Å². The van der Waals surface area contributed by atoms with Gasteiger partial charge < -0.3 is 20.1 Å². The lowest BCUT2D eigenvalue weighted by molar-refractivity contribution is -0.141. The molecule has 3 rings (SSSR count). The van der Waals surface area contributed by atoms with Gasteiger partial charge in [0.05, 0.1) is 36.4 Å². The summed E-state index contributed by atoms with van der Waals surface area (Å²) in [6.45, 7) is 3.03. The van der Waals surface area contributed by atoms with Crippen molar-refractivity contribution < 1.29 is 19.1 Å². The largest absolute Gasteiger partial charge is 0.468 e. The van der Waals surface area contributed by atoms with Crippen molar-refractivity contribution in [3.8, 4) is 0 Å². The van der Waals surface area contributed by atoms with Gasteiger partial charge in [-0.2, -0.15) is 4.80 Å². The molecule has 0 unspecified atom stereocenters. The fourth-order valence-corrected chi connectivity index (χ4v) is 3.29. The first kappa shape index (κ1) is 23.2. The summed E-state index contributed by atoms with van der Waals surface area (Å²) in [4.78, 5) is 26.6. The van der Waals surface area contributed by atoms with Gasteiger partial charge in [0.1, 0.15) is 0 Å². The van der Waals surface area contributed by atoms with Gasteiger partial charge in [-0.1, -0.05) is 29.3 Å². The Balaban J connectivity index is 1.38. The van der Waals surface area contributed by atoms with Crippen molar-refractivity contribution in [1.82, 2.24) is 35.7 Å². The van der Waals surface area contributed by atoms with E-state index in [0.29, 0.717) is 29.7 Å². The molecular formula is C18H23Cl2N7O4. The number of esters is 1.